The first-order valence-electron chi connectivity index (χ1n) is 7.27. The number of primary sulfonamides is 1. The Bertz CT molecular complexity index is 880. The summed E-state index contributed by atoms with van der Waals surface area (Å²) in [5.41, 5.74) is 6.90. The molecule has 1 fully saturated rings. The van der Waals surface area contributed by atoms with Crippen molar-refractivity contribution in [1.29, 1.82) is 0 Å². The van der Waals surface area contributed by atoms with Crippen molar-refractivity contribution in [2.75, 3.05) is 24.6 Å². The van der Waals surface area contributed by atoms with Gasteiger partial charge in [-0.15, -0.1) is 0 Å². The average Bonchev–Trinajstić information content (AvgIpc) is 3.10. The van der Waals surface area contributed by atoms with Gasteiger partial charge in [0.15, 0.2) is 5.13 Å². The summed E-state index contributed by atoms with van der Waals surface area (Å²) >= 11 is 1.37. The Kier molecular flexibility index (Phi) is 5.93. The van der Waals surface area contributed by atoms with Crippen LogP contribution < -0.4 is 10.9 Å². The Morgan fingerprint density at radius 3 is 2.80 bits per heavy atom. The van der Waals surface area contributed by atoms with Crippen molar-refractivity contribution in [3.05, 3.63) is 23.8 Å². The van der Waals surface area contributed by atoms with Crippen LogP contribution in [-0.4, -0.2) is 54.6 Å². The van der Waals surface area contributed by atoms with Gasteiger partial charge in [0.2, 0.25) is 10.0 Å². The summed E-state index contributed by atoms with van der Waals surface area (Å²) in [6.45, 7) is 0.697. The molecule has 0 radical (unpaired) electrons. The molecule has 25 heavy (non-hydrogen) atoms. The van der Waals surface area contributed by atoms with E-state index < -0.39 is 10.0 Å². The number of amides is 1. The fourth-order valence-electron chi connectivity index (χ4n) is 2.74. The number of likely N-dealkylation sites (tertiary alicyclic amines) is 1. The van der Waals surface area contributed by atoms with E-state index in [1.807, 2.05) is 6.07 Å². The minimum atomic E-state index is -3.51. The average molecular weight is 386 g/mol. The van der Waals surface area contributed by atoms with Crippen molar-refractivity contribution < 1.29 is 23.1 Å². The largest absolute Gasteiger partial charge is 0.483 e. The molecule has 1 aliphatic rings. The van der Waals surface area contributed by atoms with Crippen molar-refractivity contribution in [2.24, 2.45) is 11.1 Å². The molecule has 0 bridgehead atoms. The Balaban J connectivity index is 0.000000701. The molecule has 1 atom stereocenters. The van der Waals surface area contributed by atoms with E-state index in [0.717, 1.165) is 4.70 Å². The number of fused-ring (bicyclic) bond motifs is 1. The van der Waals surface area contributed by atoms with Gasteiger partial charge >= 0.3 is 0 Å². The van der Waals surface area contributed by atoms with Gasteiger partial charge in [0.25, 0.3) is 12.4 Å². The molecular formula is C14H18N4O5S2. The Morgan fingerprint density at radius 1 is 1.48 bits per heavy atom. The van der Waals surface area contributed by atoms with Gasteiger partial charge in [-0.25, -0.2) is 18.5 Å². The lowest BCUT2D eigenvalue weighted by Crippen LogP contribution is -2.30. The van der Waals surface area contributed by atoms with E-state index in [2.05, 4.69) is 4.98 Å². The third kappa shape index (κ3) is 5.11. The summed E-state index contributed by atoms with van der Waals surface area (Å²) in [6.07, 6.45) is 0.647. The topological polar surface area (TPSA) is 157 Å². The van der Waals surface area contributed by atoms with Crippen molar-refractivity contribution in [3.8, 4) is 0 Å². The fourth-order valence-corrected chi connectivity index (χ4v) is 4.39. The van der Waals surface area contributed by atoms with Gasteiger partial charge in [0.1, 0.15) is 0 Å². The standard InChI is InChI=1S/C13H16N4O3S2.CH2O2/c14-13-16-10-5-9(1-2-11(10)21-13)12(18)17-4-3-8(6-17)7-22(15,19)20;2-1-3/h1-2,5,8H,3-4,6-7H2,(H2,14,16)(H2,15,19,20);1H,(H,2,3). The van der Waals surface area contributed by atoms with Crippen LogP contribution in [0.2, 0.25) is 0 Å². The zero-order valence-electron chi connectivity index (χ0n) is 13.2. The number of anilines is 1. The summed E-state index contributed by atoms with van der Waals surface area (Å²) < 4.78 is 23.2. The second-order valence-electron chi connectivity index (χ2n) is 5.58. The van der Waals surface area contributed by atoms with Gasteiger partial charge in [0.05, 0.1) is 16.0 Å². The zero-order chi connectivity index (χ0) is 18.6. The summed E-state index contributed by atoms with van der Waals surface area (Å²) in [6, 6.07) is 5.29. The monoisotopic (exact) mass is 386 g/mol. The summed E-state index contributed by atoms with van der Waals surface area (Å²) in [5.74, 6) is -0.304. The van der Waals surface area contributed by atoms with Crippen LogP contribution in [0.15, 0.2) is 18.2 Å². The van der Waals surface area contributed by atoms with E-state index in [4.69, 9.17) is 20.8 Å². The van der Waals surface area contributed by atoms with Crippen LogP contribution in [0.4, 0.5) is 5.13 Å². The van der Waals surface area contributed by atoms with Gasteiger partial charge in [-0.2, -0.15) is 0 Å². The molecular weight excluding hydrogens is 368 g/mol. The van der Waals surface area contributed by atoms with E-state index in [0.29, 0.717) is 35.7 Å². The van der Waals surface area contributed by atoms with Gasteiger partial charge in [0, 0.05) is 18.7 Å². The maximum Gasteiger partial charge on any atom is 0.290 e. The number of hydrogen-bond donors (Lipinski definition) is 3. The van der Waals surface area contributed by atoms with Crippen molar-refractivity contribution >= 4 is 49.1 Å². The molecule has 11 heteroatoms. The number of aromatic nitrogens is 1. The third-order valence-electron chi connectivity index (χ3n) is 3.69. The number of nitrogens with two attached hydrogens (primary N) is 2. The summed E-state index contributed by atoms with van der Waals surface area (Å²) in [4.78, 5) is 26.7. The predicted molar refractivity (Wildman–Crippen MR) is 94.7 cm³/mol. The van der Waals surface area contributed by atoms with Crippen molar-refractivity contribution in [2.45, 2.75) is 6.42 Å². The third-order valence-corrected chi connectivity index (χ3v) is 5.49. The van der Waals surface area contributed by atoms with Gasteiger partial charge < -0.3 is 15.7 Å². The van der Waals surface area contributed by atoms with Crippen molar-refractivity contribution in [3.63, 3.8) is 0 Å². The molecule has 2 heterocycles. The lowest BCUT2D eigenvalue weighted by molar-refractivity contribution is -0.122. The van der Waals surface area contributed by atoms with E-state index in [1.54, 1.807) is 17.0 Å². The second kappa shape index (κ2) is 7.76. The molecule has 5 N–H and O–H groups in total. The molecule has 1 unspecified atom stereocenters. The number of carbonyl (C=O) groups is 2. The summed E-state index contributed by atoms with van der Waals surface area (Å²) in [5, 5.41) is 12.4. The van der Waals surface area contributed by atoms with E-state index in [-0.39, 0.29) is 24.1 Å². The quantitative estimate of drug-likeness (QED) is 0.641. The second-order valence-corrected chi connectivity index (χ2v) is 8.30. The normalized spacial score (nSPS) is 17.2. The van der Waals surface area contributed by atoms with E-state index >= 15 is 0 Å². The van der Waals surface area contributed by atoms with Crippen LogP contribution in [0.3, 0.4) is 0 Å². The lowest BCUT2D eigenvalue weighted by Gasteiger charge is -2.16. The van der Waals surface area contributed by atoms with E-state index in [1.165, 1.54) is 11.3 Å². The number of hydrogen-bond acceptors (Lipinski definition) is 7. The molecule has 0 saturated carbocycles. The molecule has 1 amide bonds. The highest BCUT2D eigenvalue weighted by Crippen LogP contribution is 2.26. The van der Waals surface area contributed by atoms with Crippen molar-refractivity contribution in [1.82, 2.24) is 9.88 Å². The molecule has 0 aliphatic carbocycles. The SMILES string of the molecule is Nc1nc2cc(C(=O)N3CCC(CS(N)(=O)=O)C3)ccc2s1.O=CO. The van der Waals surface area contributed by atoms with Gasteiger partial charge in [-0.05, 0) is 30.5 Å². The van der Waals surface area contributed by atoms with Crippen LogP contribution in [-0.2, 0) is 14.8 Å². The Hall–Kier alpha value is -2.24. The maximum absolute atomic E-state index is 12.5. The van der Waals surface area contributed by atoms with Crippen LogP contribution >= 0.6 is 11.3 Å². The first kappa shape index (κ1) is 19.1. The highest BCUT2D eigenvalue weighted by atomic mass is 32.2. The first-order chi connectivity index (χ1) is 11.7. The molecule has 3 rings (SSSR count). The Morgan fingerprint density at radius 2 is 2.16 bits per heavy atom. The highest BCUT2D eigenvalue weighted by Gasteiger charge is 2.29. The maximum atomic E-state index is 12.5. The minimum absolute atomic E-state index is 0.0849. The number of nitrogens with zero attached hydrogens (tertiary/aromatic N) is 2. The molecule has 136 valence electrons. The number of carboxylic acid groups (broad SMARTS) is 1. The number of nitrogen functional groups attached to an aromatic ring is 1. The van der Waals surface area contributed by atoms with Gasteiger partial charge in [-0.1, -0.05) is 11.3 Å². The molecule has 0 spiro atoms. The molecule has 1 aliphatic heterocycles. The highest BCUT2D eigenvalue weighted by molar-refractivity contribution is 7.89. The van der Waals surface area contributed by atoms with Crippen LogP contribution in [0.1, 0.15) is 16.8 Å². The number of carbonyl (C=O) groups excluding carboxylic acids is 1. The minimum Gasteiger partial charge on any atom is -0.483 e. The van der Waals surface area contributed by atoms with Crippen LogP contribution in [0.5, 0.6) is 0 Å². The number of benzene rings is 1. The smallest absolute Gasteiger partial charge is 0.290 e. The molecule has 1 aromatic heterocycles. The lowest BCUT2D eigenvalue weighted by atomic mass is 10.1. The van der Waals surface area contributed by atoms with E-state index in [9.17, 15) is 13.2 Å². The van der Waals surface area contributed by atoms with Gasteiger partial charge in [-0.3, -0.25) is 9.59 Å². The molecule has 1 aromatic carbocycles. The fraction of sp³-hybridized carbons (Fsp3) is 0.357. The number of rotatable bonds is 3. The molecule has 1 saturated heterocycles. The molecule has 9 nitrogen and oxygen atoms in total. The number of thiazole rings is 1. The van der Waals surface area contributed by atoms with Crippen LogP contribution in [0.25, 0.3) is 10.2 Å². The molecule has 2 aromatic rings. The summed E-state index contributed by atoms with van der Waals surface area (Å²) in [7, 11) is -3.51. The Labute approximate surface area is 148 Å². The first-order valence-corrected chi connectivity index (χ1v) is 9.80. The predicted octanol–water partition coefficient (Wildman–Crippen LogP) is 0.330. The van der Waals surface area contributed by atoms with Crippen LogP contribution in [0, 0.1) is 5.92 Å². The zero-order valence-corrected chi connectivity index (χ0v) is 14.8. The number of sulfonamides is 1.